The van der Waals surface area contributed by atoms with Gasteiger partial charge in [-0.05, 0) is 46.2 Å². The van der Waals surface area contributed by atoms with Gasteiger partial charge in [0.1, 0.15) is 5.54 Å². The molecule has 1 saturated heterocycles. The Morgan fingerprint density at radius 3 is 2.76 bits per heavy atom. The predicted octanol–water partition coefficient (Wildman–Crippen LogP) is 2.53. The maximum Gasteiger partial charge on any atom is 0.104 e. The van der Waals surface area contributed by atoms with Crippen molar-refractivity contribution in [2.24, 2.45) is 0 Å². The first kappa shape index (κ1) is 14.5. The van der Waals surface area contributed by atoms with Gasteiger partial charge in [0.25, 0.3) is 0 Å². The molecular formula is C14H27N3. The number of nitrogens with one attached hydrogen (secondary N) is 1. The van der Waals surface area contributed by atoms with Gasteiger partial charge in [0, 0.05) is 12.6 Å². The smallest absolute Gasteiger partial charge is 0.104 e. The molecule has 1 aliphatic heterocycles. The van der Waals surface area contributed by atoms with Crippen LogP contribution < -0.4 is 5.32 Å². The minimum atomic E-state index is -0.370. The summed E-state index contributed by atoms with van der Waals surface area (Å²) in [6.45, 7) is 6.53. The average molecular weight is 237 g/mol. The third kappa shape index (κ3) is 4.29. The van der Waals surface area contributed by atoms with Crippen LogP contribution >= 0.6 is 0 Å². The van der Waals surface area contributed by atoms with Gasteiger partial charge in [-0.3, -0.25) is 0 Å². The van der Waals surface area contributed by atoms with Crippen LogP contribution in [0.15, 0.2) is 0 Å². The van der Waals surface area contributed by atoms with E-state index < -0.39 is 0 Å². The Balaban J connectivity index is 2.50. The molecule has 0 aliphatic carbocycles. The van der Waals surface area contributed by atoms with E-state index in [0.717, 1.165) is 19.0 Å². The van der Waals surface area contributed by atoms with E-state index in [-0.39, 0.29) is 5.54 Å². The van der Waals surface area contributed by atoms with E-state index in [0.29, 0.717) is 0 Å². The Labute approximate surface area is 106 Å². The topological polar surface area (TPSA) is 39.1 Å². The largest absolute Gasteiger partial charge is 0.303 e. The summed E-state index contributed by atoms with van der Waals surface area (Å²) >= 11 is 0. The molecule has 1 rings (SSSR count). The van der Waals surface area contributed by atoms with Gasteiger partial charge in [-0.15, -0.1) is 0 Å². The molecule has 0 radical (unpaired) electrons. The number of nitrogens with zero attached hydrogens (tertiary/aromatic N) is 2. The zero-order chi connectivity index (χ0) is 12.7. The van der Waals surface area contributed by atoms with Crippen LogP contribution in [0.5, 0.6) is 0 Å². The molecule has 0 aromatic rings. The molecule has 3 heteroatoms. The summed E-state index contributed by atoms with van der Waals surface area (Å²) in [5.74, 6) is 0. The number of hydrogen-bond donors (Lipinski definition) is 1. The van der Waals surface area contributed by atoms with Crippen molar-refractivity contribution in [1.29, 1.82) is 5.26 Å². The van der Waals surface area contributed by atoms with E-state index in [1.54, 1.807) is 0 Å². The van der Waals surface area contributed by atoms with Crippen LogP contribution in [0.3, 0.4) is 0 Å². The van der Waals surface area contributed by atoms with Gasteiger partial charge in [-0.25, -0.2) is 0 Å². The van der Waals surface area contributed by atoms with Crippen molar-refractivity contribution in [2.75, 3.05) is 20.1 Å². The average Bonchev–Trinajstić information content (AvgIpc) is 2.60. The maximum atomic E-state index is 9.16. The lowest BCUT2D eigenvalue weighted by Gasteiger charge is -2.32. The Kier molecular flexibility index (Phi) is 5.94. The van der Waals surface area contributed by atoms with Gasteiger partial charge in [-0.1, -0.05) is 19.8 Å². The third-order valence-electron chi connectivity index (χ3n) is 4.17. The van der Waals surface area contributed by atoms with Crippen LogP contribution in [0.25, 0.3) is 0 Å². The van der Waals surface area contributed by atoms with Gasteiger partial charge in [0.2, 0.25) is 0 Å². The molecule has 2 atom stereocenters. The van der Waals surface area contributed by atoms with E-state index in [4.69, 9.17) is 5.26 Å². The summed E-state index contributed by atoms with van der Waals surface area (Å²) < 4.78 is 0. The molecule has 17 heavy (non-hydrogen) atoms. The molecule has 0 bridgehead atoms. The standard InChI is InChI=1S/C14H27N3/c1-4-13-8-6-5-7-10-17(13)11-9-14(2,12-15)16-3/h13,16H,4-11H2,1-3H3. The van der Waals surface area contributed by atoms with Crippen molar-refractivity contribution in [3.63, 3.8) is 0 Å². The first-order chi connectivity index (χ1) is 8.15. The van der Waals surface area contributed by atoms with E-state index in [1.807, 2.05) is 14.0 Å². The van der Waals surface area contributed by atoms with Gasteiger partial charge in [0.05, 0.1) is 6.07 Å². The summed E-state index contributed by atoms with van der Waals surface area (Å²) in [5, 5.41) is 12.3. The van der Waals surface area contributed by atoms with Crippen molar-refractivity contribution < 1.29 is 0 Å². The molecule has 0 saturated carbocycles. The van der Waals surface area contributed by atoms with E-state index in [9.17, 15) is 0 Å². The molecule has 0 aromatic heterocycles. The quantitative estimate of drug-likeness (QED) is 0.798. The molecule has 1 heterocycles. The molecule has 1 aliphatic rings. The summed E-state index contributed by atoms with van der Waals surface area (Å²) in [7, 11) is 1.88. The zero-order valence-electron chi connectivity index (χ0n) is 11.6. The Morgan fingerprint density at radius 2 is 2.18 bits per heavy atom. The van der Waals surface area contributed by atoms with Crippen molar-refractivity contribution in [3.8, 4) is 6.07 Å². The van der Waals surface area contributed by atoms with Gasteiger partial charge >= 0.3 is 0 Å². The van der Waals surface area contributed by atoms with E-state index in [1.165, 1.54) is 38.6 Å². The van der Waals surface area contributed by atoms with Gasteiger partial charge in [-0.2, -0.15) is 5.26 Å². The lowest BCUT2D eigenvalue weighted by atomic mass is 9.99. The predicted molar refractivity (Wildman–Crippen MR) is 71.8 cm³/mol. The fourth-order valence-electron chi connectivity index (χ4n) is 2.60. The van der Waals surface area contributed by atoms with Crippen molar-refractivity contribution in [2.45, 2.75) is 64.0 Å². The van der Waals surface area contributed by atoms with Crippen LogP contribution in [0.4, 0.5) is 0 Å². The highest BCUT2D eigenvalue weighted by atomic mass is 15.2. The molecule has 0 amide bonds. The highest BCUT2D eigenvalue weighted by Gasteiger charge is 2.25. The first-order valence-corrected chi connectivity index (χ1v) is 6.99. The van der Waals surface area contributed by atoms with Crippen molar-refractivity contribution >= 4 is 0 Å². The van der Waals surface area contributed by atoms with Crippen molar-refractivity contribution in [3.05, 3.63) is 0 Å². The molecule has 0 spiro atoms. The Morgan fingerprint density at radius 1 is 1.41 bits per heavy atom. The Hall–Kier alpha value is -0.590. The van der Waals surface area contributed by atoms with Crippen LogP contribution in [0, 0.1) is 11.3 Å². The summed E-state index contributed by atoms with van der Waals surface area (Å²) in [6.07, 6.45) is 7.54. The minimum Gasteiger partial charge on any atom is -0.303 e. The van der Waals surface area contributed by atoms with Crippen molar-refractivity contribution in [1.82, 2.24) is 10.2 Å². The molecule has 0 aromatic carbocycles. The molecule has 3 nitrogen and oxygen atoms in total. The molecule has 2 unspecified atom stereocenters. The normalized spacial score (nSPS) is 25.9. The first-order valence-electron chi connectivity index (χ1n) is 6.99. The maximum absolute atomic E-state index is 9.16. The summed E-state index contributed by atoms with van der Waals surface area (Å²) in [5.41, 5.74) is -0.370. The highest BCUT2D eigenvalue weighted by molar-refractivity contribution is 5.03. The third-order valence-corrected chi connectivity index (χ3v) is 4.17. The second kappa shape index (κ2) is 6.98. The molecule has 98 valence electrons. The second-order valence-corrected chi connectivity index (χ2v) is 5.39. The van der Waals surface area contributed by atoms with E-state index in [2.05, 4.69) is 23.2 Å². The molecule has 1 fully saturated rings. The Bertz CT molecular complexity index is 259. The fraction of sp³-hybridized carbons (Fsp3) is 0.929. The number of nitriles is 1. The lowest BCUT2D eigenvalue weighted by Crippen LogP contribution is -2.44. The monoisotopic (exact) mass is 237 g/mol. The van der Waals surface area contributed by atoms with Crippen LogP contribution in [-0.2, 0) is 0 Å². The number of hydrogen-bond acceptors (Lipinski definition) is 3. The summed E-state index contributed by atoms with van der Waals surface area (Å²) in [6, 6.07) is 3.11. The fourth-order valence-corrected chi connectivity index (χ4v) is 2.60. The molecular weight excluding hydrogens is 210 g/mol. The van der Waals surface area contributed by atoms with Crippen LogP contribution in [0.1, 0.15) is 52.4 Å². The molecule has 1 N–H and O–H groups in total. The minimum absolute atomic E-state index is 0.370. The van der Waals surface area contributed by atoms with Crippen LogP contribution in [0.2, 0.25) is 0 Å². The van der Waals surface area contributed by atoms with E-state index >= 15 is 0 Å². The van der Waals surface area contributed by atoms with Gasteiger partial charge in [0.15, 0.2) is 0 Å². The lowest BCUT2D eigenvalue weighted by molar-refractivity contribution is 0.180. The summed E-state index contributed by atoms with van der Waals surface area (Å²) in [4.78, 5) is 2.60. The highest BCUT2D eigenvalue weighted by Crippen LogP contribution is 2.20. The van der Waals surface area contributed by atoms with Crippen LogP contribution in [-0.4, -0.2) is 36.6 Å². The number of rotatable bonds is 5. The number of likely N-dealkylation sites (tertiary alicyclic amines) is 1. The zero-order valence-corrected chi connectivity index (χ0v) is 11.6. The second-order valence-electron chi connectivity index (χ2n) is 5.39. The van der Waals surface area contributed by atoms with Gasteiger partial charge < -0.3 is 10.2 Å². The SMILES string of the molecule is CCC1CCCCCN1CCC(C)(C#N)NC.